The van der Waals surface area contributed by atoms with Crippen molar-refractivity contribution in [1.82, 2.24) is 4.90 Å². The lowest BCUT2D eigenvalue weighted by molar-refractivity contribution is 0.0537. The lowest BCUT2D eigenvalue weighted by atomic mass is 10.3. The van der Waals surface area contributed by atoms with Crippen LogP contribution in [-0.2, 0) is 4.74 Å². The van der Waals surface area contributed by atoms with Gasteiger partial charge in [-0.2, -0.15) is 0 Å². The number of nitrogens with zero attached hydrogens (tertiary/aromatic N) is 1. The number of likely N-dealkylation sites (N-methyl/N-ethyl adjacent to an activating group) is 1. The smallest absolute Gasteiger partial charge is 0.119 e. The largest absolute Gasteiger partial charge is 0.491 e. The van der Waals surface area contributed by atoms with Crippen LogP contribution in [0.1, 0.15) is 13.8 Å². The van der Waals surface area contributed by atoms with Gasteiger partial charge < -0.3 is 20.3 Å². The molecule has 1 rings (SSSR count). The zero-order valence-corrected chi connectivity index (χ0v) is 12.4. The number of ether oxygens (including phenoxy) is 2. The van der Waals surface area contributed by atoms with Gasteiger partial charge in [0.05, 0.1) is 6.61 Å². The van der Waals surface area contributed by atoms with E-state index >= 15 is 0 Å². The molecular formula is C15H26N2O3. The van der Waals surface area contributed by atoms with Crippen LogP contribution in [0.2, 0.25) is 0 Å². The van der Waals surface area contributed by atoms with E-state index in [0.29, 0.717) is 18.8 Å². The van der Waals surface area contributed by atoms with Crippen LogP contribution in [0.3, 0.4) is 0 Å². The molecule has 0 heterocycles. The summed E-state index contributed by atoms with van der Waals surface area (Å²) < 4.78 is 10.9. The maximum absolute atomic E-state index is 9.99. The molecule has 20 heavy (non-hydrogen) atoms. The lowest BCUT2D eigenvalue weighted by Crippen LogP contribution is -2.37. The monoisotopic (exact) mass is 282 g/mol. The van der Waals surface area contributed by atoms with Crippen molar-refractivity contribution in [3.05, 3.63) is 24.3 Å². The molecule has 0 aliphatic heterocycles. The Kier molecular flexibility index (Phi) is 8.02. The fourth-order valence-electron chi connectivity index (χ4n) is 1.82. The molecule has 0 aliphatic rings. The van der Waals surface area contributed by atoms with Crippen molar-refractivity contribution < 1.29 is 14.6 Å². The summed E-state index contributed by atoms with van der Waals surface area (Å²) in [7, 11) is 0. The van der Waals surface area contributed by atoms with Crippen LogP contribution in [0.15, 0.2) is 24.3 Å². The Bertz CT molecular complexity index is 357. The number of anilines is 1. The number of benzene rings is 1. The van der Waals surface area contributed by atoms with Crippen LogP contribution < -0.4 is 10.5 Å². The minimum Gasteiger partial charge on any atom is -0.491 e. The molecule has 5 heteroatoms. The molecule has 1 atom stereocenters. The summed E-state index contributed by atoms with van der Waals surface area (Å²) in [6.45, 7) is 8.02. The zero-order valence-electron chi connectivity index (χ0n) is 12.4. The predicted octanol–water partition coefficient (Wildman–Crippen LogP) is 1.37. The van der Waals surface area contributed by atoms with Gasteiger partial charge in [0, 0.05) is 25.4 Å². The van der Waals surface area contributed by atoms with Gasteiger partial charge in [0.1, 0.15) is 18.5 Å². The number of aliphatic hydroxyl groups excluding tert-OH is 1. The van der Waals surface area contributed by atoms with E-state index in [0.717, 1.165) is 25.4 Å². The summed E-state index contributed by atoms with van der Waals surface area (Å²) in [6.07, 6.45) is -0.519. The standard InChI is InChI=1S/C15H26N2O3/c1-3-17(9-10-19-4-2)11-14(18)12-20-15-7-5-13(16)6-8-15/h5-8,14,18H,3-4,9-12,16H2,1-2H3. The highest BCUT2D eigenvalue weighted by molar-refractivity contribution is 5.41. The molecule has 0 spiro atoms. The molecule has 0 saturated carbocycles. The summed E-state index contributed by atoms with van der Waals surface area (Å²) >= 11 is 0. The minimum atomic E-state index is -0.519. The van der Waals surface area contributed by atoms with Gasteiger partial charge >= 0.3 is 0 Å². The maximum atomic E-state index is 9.99. The molecule has 0 bridgehead atoms. The van der Waals surface area contributed by atoms with Crippen molar-refractivity contribution in [2.75, 3.05) is 45.2 Å². The molecule has 1 aromatic carbocycles. The molecule has 3 N–H and O–H groups in total. The predicted molar refractivity (Wildman–Crippen MR) is 81.0 cm³/mol. The fraction of sp³-hybridized carbons (Fsp3) is 0.600. The van der Waals surface area contributed by atoms with Crippen LogP contribution in [-0.4, -0.2) is 55.6 Å². The van der Waals surface area contributed by atoms with Gasteiger partial charge in [-0.1, -0.05) is 6.92 Å². The van der Waals surface area contributed by atoms with Crippen LogP contribution in [0.4, 0.5) is 5.69 Å². The number of rotatable bonds is 10. The second-order valence-corrected chi connectivity index (χ2v) is 4.62. The van der Waals surface area contributed by atoms with Crippen molar-refractivity contribution in [3.63, 3.8) is 0 Å². The van der Waals surface area contributed by atoms with Gasteiger partial charge in [-0.15, -0.1) is 0 Å². The average Bonchev–Trinajstić information content (AvgIpc) is 2.46. The molecule has 1 unspecified atom stereocenters. The highest BCUT2D eigenvalue weighted by Gasteiger charge is 2.11. The molecule has 5 nitrogen and oxygen atoms in total. The highest BCUT2D eigenvalue weighted by atomic mass is 16.5. The van der Waals surface area contributed by atoms with E-state index < -0.39 is 6.10 Å². The maximum Gasteiger partial charge on any atom is 0.119 e. The van der Waals surface area contributed by atoms with Gasteiger partial charge in [-0.3, -0.25) is 4.90 Å². The van der Waals surface area contributed by atoms with Gasteiger partial charge in [0.2, 0.25) is 0 Å². The number of nitrogen functional groups attached to an aromatic ring is 1. The molecule has 114 valence electrons. The third kappa shape index (κ3) is 6.75. The quantitative estimate of drug-likeness (QED) is 0.501. The van der Waals surface area contributed by atoms with Gasteiger partial charge in [0.25, 0.3) is 0 Å². The van der Waals surface area contributed by atoms with Crippen molar-refractivity contribution >= 4 is 5.69 Å². The molecule has 0 amide bonds. The average molecular weight is 282 g/mol. The molecule has 0 radical (unpaired) electrons. The van der Waals surface area contributed by atoms with E-state index in [9.17, 15) is 5.11 Å². The van der Waals surface area contributed by atoms with Gasteiger partial charge in [-0.05, 0) is 37.7 Å². The Labute approximate surface area is 121 Å². The highest BCUT2D eigenvalue weighted by Crippen LogP contribution is 2.13. The van der Waals surface area contributed by atoms with Crippen LogP contribution >= 0.6 is 0 Å². The Hall–Kier alpha value is -1.30. The summed E-state index contributed by atoms with van der Waals surface area (Å²) in [5.74, 6) is 0.718. The first-order valence-corrected chi connectivity index (χ1v) is 7.12. The Morgan fingerprint density at radius 2 is 1.95 bits per heavy atom. The Balaban J connectivity index is 2.27. The van der Waals surface area contributed by atoms with E-state index in [1.165, 1.54) is 0 Å². The molecule has 0 fully saturated rings. The van der Waals surface area contributed by atoms with Crippen molar-refractivity contribution in [2.24, 2.45) is 0 Å². The first-order valence-electron chi connectivity index (χ1n) is 7.12. The van der Waals surface area contributed by atoms with Gasteiger partial charge in [0.15, 0.2) is 0 Å². The minimum absolute atomic E-state index is 0.273. The second kappa shape index (κ2) is 9.58. The summed E-state index contributed by atoms with van der Waals surface area (Å²) in [4.78, 5) is 2.15. The second-order valence-electron chi connectivity index (χ2n) is 4.62. The topological polar surface area (TPSA) is 68.0 Å². The van der Waals surface area contributed by atoms with E-state index in [1.807, 2.05) is 6.92 Å². The van der Waals surface area contributed by atoms with E-state index in [1.54, 1.807) is 24.3 Å². The normalized spacial score (nSPS) is 12.6. The van der Waals surface area contributed by atoms with E-state index in [-0.39, 0.29) is 6.61 Å². The van der Waals surface area contributed by atoms with Crippen LogP contribution in [0, 0.1) is 0 Å². The third-order valence-electron chi connectivity index (χ3n) is 2.99. The Morgan fingerprint density at radius 3 is 2.55 bits per heavy atom. The molecular weight excluding hydrogens is 256 g/mol. The summed E-state index contributed by atoms with van der Waals surface area (Å²) in [6, 6.07) is 7.16. The summed E-state index contributed by atoms with van der Waals surface area (Å²) in [5, 5.41) is 9.99. The van der Waals surface area contributed by atoms with E-state index in [4.69, 9.17) is 15.2 Å². The number of hydrogen-bond donors (Lipinski definition) is 2. The number of aliphatic hydroxyl groups is 1. The molecule has 0 aromatic heterocycles. The molecule has 1 aromatic rings. The van der Waals surface area contributed by atoms with Gasteiger partial charge in [-0.25, -0.2) is 0 Å². The number of nitrogens with two attached hydrogens (primary N) is 1. The van der Waals surface area contributed by atoms with Crippen molar-refractivity contribution in [1.29, 1.82) is 0 Å². The molecule has 0 aliphatic carbocycles. The zero-order chi connectivity index (χ0) is 14.8. The first-order chi connectivity index (χ1) is 9.65. The fourth-order valence-corrected chi connectivity index (χ4v) is 1.82. The number of hydrogen-bond acceptors (Lipinski definition) is 5. The first kappa shape index (κ1) is 16.8. The van der Waals surface area contributed by atoms with Crippen molar-refractivity contribution in [2.45, 2.75) is 20.0 Å². The summed E-state index contributed by atoms with van der Waals surface area (Å²) in [5.41, 5.74) is 6.30. The Morgan fingerprint density at radius 1 is 1.25 bits per heavy atom. The van der Waals surface area contributed by atoms with E-state index in [2.05, 4.69) is 11.8 Å². The third-order valence-corrected chi connectivity index (χ3v) is 2.99. The molecule has 0 saturated heterocycles. The van der Waals surface area contributed by atoms with Crippen molar-refractivity contribution in [3.8, 4) is 5.75 Å². The van der Waals surface area contributed by atoms with Crippen LogP contribution in [0.25, 0.3) is 0 Å². The SMILES string of the molecule is CCOCCN(CC)CC(O)COc1ccc(N)cc1. The van der Waals surface area contributed by atoms with Crippen LogP contribution in [0.5, 0.6) is 5.75 Å². The lowest BCUT2D eigenvalue weighted by Gasteiger charge is -2.23.